The Morgan fingerprint density at radius 1 is 1.42 bits per heavy atom. The second-order valence-corrected chi connectivity index (χ2v) is 4.76. The molecule has 2 amide bonds. The van der Waals surface area contributed by atoms with Crippen molar-refractivity contribution in [1.82, 2.24) is 0 Å². The zero-order valence-electron chi connectivity index (χ0n) is 10.6. The normalized spacial score (nSPS) is 9.95. The summed E-state index contributed by atoms with van der Waals surface area (Å²) in [5.41, 5.74) is 5.39. The zero-order valence-corrected chi connectivity index (χ0v) is 11.4. The van der Waals surface area contributed by atoms with Crippen molar-refractivity contribution < 1.29 is 19.1 Å². The Kier molecular flexibility index (Phi) is 6.01. The fourth-order valence-electron chi connectivity index (χ4n) is 1.30. The van der Waals surface area contributed by atoms with Gasteiger partial charge in [-0.15, -0.1) is 11.3 Å². The molecule has 7 heteroatoms. The monoisotopic (exact) mass is 284 g/mol. The molecule has 19 heavy (non-hydrogen) atoms. The number of rotatable bonds is 7. The average Bonchev–Trinajstić information content (AvgIpc) is 2.82. The molecule has 104 valence electrons. The van der Waals surface area contributed by atoms with E-state index in [9.17, 15) is 14.4 Å². The molecule has 0 saturated carbocycles. The number of unbranched alkanes of at least 4 members (excludes halogenated alkanes) is 1. The summed E-state index contributed by atoms with van der Waals surface area (Å²) < 4.78 is 4.79. The molecule has 0 aliphatic heterocycles. The number of primary amides is 1. The minimum absolute atomic E-state index is 0.246. The first-order chi connectivity index (χ1) is 9.04. The molecule has 1 rings (SSSR count). The highest BCUT2D eigenvalue weighted by molar-refractivity contribution is 7.14. The largest absolute Gasteiger partial charge is 0.456 e. The van der Waals surface area contributed by atoms with E-state index in [1.54, 1.807) is 5.38 Å². The summed E-state index contributed by atoms with van der Waals surface area (Å²) in [6.07, 6.45) is 1.92. The van der Waals surface area contributed by atoms with Gasteiger partial charge in [-0.05, 0) is 17.9 Å². The van der Waals surface area contributed by atoms with Crippen molar-refractivity contribution in [1.29, 1.82) is 0 Å². The van der Waals surface area contributed by atoms with Crippen LogP contribution in [0.25, 0.3) is 0 Å². The Morgan fingerprint density at radius 2 is 2.16 bits per heavy atom. The molecule has 0 unspecified atom stereocenters. The van der Waals surface area contributed by atoms with E-state index in [0.29, 0.717) is 11.4 Å². The summed E-state index contributed by atoms with van der Waals surface area (Å²) in [6.45, 7) is 1.60. The Balaban J connectivity index is 2.41. The Labute approximate surface area is 114 Å². The van der Waals surface area contributed by atoms with Gasteiger partial charge in [0.15, 0.2) is 6.61 Å². The predicted octanol–water partition coefficient (Wildman–Crippen LogP) is 1.52. The van der Waals surface area contributed by atoms with E-state index in [1.807, 2.05) is 6.92 Å². The maximum Gasteiger partial charge on any atom is 0.306 e. The summed E-state index contributed by atoms with van der Waals surface area (Å²) in [6, 6.07) is 1.52. The molecule has 0 aliphatic carbocycles. The van der Waals surface area contributed by atoms with Crippen LogP contribution in [-0.4, -0.2) is 24.4 Å². The van der Waals surface area contributed by atoms with Gasteiger partial charge in [0.25, 0.3) is 11.8 Å². The molecule has 0 atom stereocenters. The lowest BCUT2D eigenvalue weighted by molar-refractivity contribution is -0.147. The molecule has 0 spiro atoms. The van der Waals surface area contributed by atoms with Crippen molar-refractivity contribution in [3.8, 4) is 0 Å². The van der Waals surface area contributed by atoms with Gasteiger partial charge in [0.1, 0.15) is 5.00 Å². The third kappa shape index (κ3) is 5.09. The number of hydrogen-bond donors (Lipinski definition) is 2. The van der Waals surface area contributed by atoms with Crippen LogP contribution in [0.4, 0.5) is 5.00 Å². The van der Waals surface area contributed by atoms with Crippen LogP contribution in [0, 0.1) is 0 Å². The number of thiophene rings is 1. The van der Waals surface area contributed by atoms with Crippen LogP contribution >= 0.6 is 11.3 Å². The molecular formula is C12H16N2O4S. The van der Waals surface area contributed by atoms with Gasteiger partial charge in [-0.2, -0.15) is 0 Å². The number of nitrogens with two attached hydrogens (primary N) is 1. The number of amides is 2. The highest BCUT2D eigenvalue weighted by atomic mass is 32.1. The van der Waals surface area contributed by atoms with E-state index in [2.05, 4.69) is 5.32 Å². The molecule has 0 saturated heterocycles. The maximum atomic E-state index is 11.5. The Morgan fingerprint density at radius 3 is 2.79 bits per heavy atom. The standard InChI is InChI=1S/C12H16N2O4S/c1-2-3-4-10(16)18-7-9(15)14-12-8(11(13)17)5-6-19-12/h5-6H,2-4,7H2,1H3,(H2,13,17)(H,14,15). The molecule has 3 N–H and O–H groups in total. The Bertz CT molecular complexity index is 470. The lowest BCUT2D eigenvalue weighted by Gasteiger charge is -2.05. The fourth-order valence-corrected chi connectivity index (χ4v) is 2.11. The molecule has 0 bridgehead atoms. The number of nitrogens with one attached hydrogen (secondary N) is 1. The summed E-state index contributed by atoms with van der Waals surface area (Å²) in [4.78, 5) is 33.8. The molecule has 6 nitrogen and oxygen atoms in total. The van der Waals surface area contributed by atoms with Gasteiger partial charge in [-0.25, -0.2) is 0 Å². The van der Waals surface area contributed by atoms with Crippen LogP contribution in [0.5, 0.6) is 0 Å². The van der Waals surface area contributed by atoms with E-state index in [0.717, 1.165) is 12.8 Å². The first-order valence-corrected chi connectivity index (χ1v) is 6.75. The van der Waals surface area contributed by atoms with Gasteiger partial charge in [-0.3, -0.25) is 14.4 Å². The molecule has 0 aromatic carbocycles. The number of carbonyl (C=O) groups excluding carboxylic acids is 3. The van der Waals surface area contributed by atoms with Crippen molar-refractivity contribution in [3.05, 3.63) is 17.0 Å². The molecule has 0 fully saturated rings. The van der Waals surface area contributed by atoms with Gasteiger partial charge >= 0.3 is 5.97 Å². The van der Waals surface area contributed by atoms with E-state index in [4.69, 9.17) is 10.5 Å². The minimum atomic E-state index is -0.614. The second kappa shape index (κ2) is 7.52. The van der Waals surface area contributed by atoms with Gasteiger partial charge in [0, 0.05) is 6.42 Å². The van der Waals surface area contributed by atoms with Gasteiger partial charge in [-0.1, -0.05) is 13.3 Å². The summed E-state index contributed by atoms with van der Waals surface area (Å²) in [5.74, 6) is -1.51. The summed E-state index contributed by atoms with van der Waals surface area (Å²) in [7, 11) is 0. The molecule has 1 aromatic heterocycles. The number of anilines is 1. The van der Waals surface area contributed by atoms with Crippen LogP contribution in [0.15, 0.2) is 11.4 Å². The summed E-state index contributed by atoms with van der Waals surface area (Å²) in [5, 5.41) is 4.49. The van der Waals surface area contributed by atoms with Crippen LogP contribution in [-0.2, 0) is 14.3 Å². The van der Waals surface area contributed by atoms with Crippen molar-refractivity contribution in [2.24, 2.45) is 5.73 Å². The molecule has 1 aromatic rings. The van der Waals surface area contributed by atoms with E-state index in [-0.39, 0.29) is 12.2 Å². The van der Waals surface area contributed by atoms with Gasteiger partial charge < -0.3 is 15.8 Å². The number of ether oxygens (including phenoxy) is 1. The molecule has 1 heterocycles. The van der Waals surface area contributed by atoms with Crippen molar-refractivity contribution in [2.75, 3.05) is 11.9 Å². The highest BCUT2D eigenvalue weighted by Gasteiger charge is 2.13. The predicted molar refractivity (Wildman–Crippen MR) is 72.0 cm³/mol. The second-order valence-electron chi connectivity index (χ2n) is 3.84. The van der Waals surface area contributed by atoms with Crippen LogP contribution in [0.2, 0.25) is 0 Å². The Hall–Kier alpha value is -1.89. The lowest BCUT2D eigenvalue weighted by atomic mass is 10.2. The molecular weight excluding hydrogens is 268 g/mol. The van der Waals surface area contributed by atoms with Crippen molar-refractivity contribution >= 4 is 34.1 Å². The van der Waals surface area contributed by atoms with E-state index < -0.39 is 17.8 Å². The minimum Gasteiger partial charge on any atom is -0.456 e. The third-order valence-electron chi connectivity index (χ3n) is 2.28. The van der Waals surface area contributed by atoms with Crippen molar-refractivity contribution in [2.45, 2.75) is 26.2 Å². The first-order valence-electron chi connectivity index (χ1n) is 5.87. The average molecular weight is 284 g/mol. The smallest absolute Gasteiger partial charge is 0.306 e. The highest BCUT2D eigenvalue weighted by Crippen LogP contribution is 2.22. The maximum absolute atomic E-state index is 11.5. The molecule has 0 radical (unpaired) electrons. The number of esters is 1. The third-order valence-corrected chi connectivity index (χ3v) is 3.11. The van der Waals surface area contributed by atoms with Crippen LogP contribution in [0.1, 0.15) is 36.5 Å². The van der Waals surface area contributed by atoms with Gasteiger partial charge in [0.2, 0.25) is 0 Å². The van der Waals surface area contributed by atoms with E-state index in [1.165, 1.54) is 17.4 Å². The lowest BCUT2D eigenvalue weighted by Crippen LogP contribution is -2.22. The fraction of sp³-hybridized carbons (Fsp3) is 0.417. The van der Waals surface area contributed by atoms with Crippen LogP contribution in [0.3, 0.4) is 0 Å². The zero-order chi connectivity index (χ0) is 14.3. The number of hydrogen-bond acceptors (Lipinski definition) is 5. The number of carbonyl (C=O) groups is 3. The van der Waals surface area contributed by atoms with Crippen molar-refractivity contribution in [3.63, 3.8) is 0 Å². The van der Waals surface area contributed by atoms with E-state index >= 15 is 0 Å². The quantitative estimate of drug-likeness (QED) is 0.741. The first kappa shape index (κ1) is 15.2. The topological polar surface area (TPSA) is 98.5 Å². The molecule has 0 aliphatic rings. The summed E-state index contributed by atoms with van der Waals surface area (Å²) >= 11 is 1.18. The van der Waals surface area contributed by atoms with Gasteiger partial charge in [0.05, 0.1) is 5.56 Å². The SMILES string of the molecule is CCCCC(=O)OCC(=O)Nc1sccc1C(N)=O. The van der Waals surface area contributed by atoms with Crippen LogP contribution < -0.4 is 11.1 Å².